The quantitative estimate of drug-likeness (QED) is 0.844. The number of likely N-dealkylation sites (tertiary alicyclic amines) is 1. The van der Waals surface area contributed by atoms with Gasteiger partial charge in [0.05, 0.1) is 0 Å². The normalized spacial score (nSPS) is 16.6. The second kappa shape index (κ2) is 4.74. The fraction of sp³-hybridized carbons (Fsp3) is 0.538. The molecule has 1 fully saturated rings. The summed E-state index contributed by atoms with van der Waals surface area (Å²) in [6.07, 6.45) is 2.57. The number of rotatable bonds is 3. The summed E-state index contributed by atoms with van der Waals surface area (Å²) in [6.45, 7) is 3.19. The molecule has 0 aliphatic carbocycles. The Balaban J connectivity index is 2.14. The maximum absolute atomic E-state index is 9.83. The zero-order valence-corrected chi connectivity index (χ0v) is 10.1. The van der Waals surface area contributed by atoms with E-state index >= 15 is 0 Å². The van der Waals surface area contributed by atoms with Crippen molar-refractivity contribution in [3.8, 4) is 5.75 Å². The molecular formula is C13H20N2O. The van der Waals surface area contributed by atoms with E-state index in [1.807, 2.05) is 20.2 Å². The zero-order valence-electron chi connectivity index (χ0n) is 10.1. The standard InChI is InChI=1S/C13H20N2O/c1-14(2)12-5-6-13(16)11(9-12)10-15-7-3-4-8-15/h5-6,9,16H,3-4,7-8,10H2,1-2H3. The fourth-order valence-electron chi connectivity index (χ4n) is 2.16. The molecule has 0 aromatic heterocycles. The number of phenolic OH excluding ortho intramolecular Hbond substituents is 1. The van der Waals surface area contributed by atoms with Crippen molar-refractivity contribution in [2.24, 2.45) is 0 Å². The summed E-state index contributed by atoms with van der Waals surface area (Å²) in [5.74, 6) is 0.414. The molecule has 0 atom stereocenters. The van der Waals surface area contributed by atoms with E-state index in [0.29, 0.717) is 5.75 Å². The Hall–Kier alpha value is -1.22. The van der Waals surface area contributed by atoms with Crippen LogP contribution in [0.25, 0.3) is 0 Å². The van der Waals surface area contributed by atoms with Crippen LogP contribution in [0.5, 0.6) is 5.75 Å². The van der Waals surface area contributed by atoms with Crippen molar-refractivity contribution in [1.29, 1.82) is 0 Å². The van der Waals surface area contributed by atoms with Crippen LogP contribution in [-0.4, -0.2) is 37.2 Å². The molecule has 0 saturated carbocycles. The summed E-state index contributed by atoms with van der Waals surface area (Å²) in [7, 11) is 4.04. The number of hydrogen-bond acceptors (Lipinski definition) is 3. The highest BCUT2D eigenvalue weighted by molar-refractivity contribution is 5.51. The van der Waals surface area contributed by atoms with Crippen LogP contribution in [0.1, 0.15) is 18.4 Å². The summed E-state index contributed by atoms with van der Waals surface area (Å²) in [5, 5.41) is 9.83. The third-order valence-corrected chi connectivity index (χ3v) is 3.17. The SMILES string of the molecule is CN(C)c1ccc(O)c(CN2CCCC2)c1. The van der Waals surface area contributed by atoms with Gasteiger partial charge in [0.1, 0.15) is 5.75 Å². The van der Waals surface area contributed by atoms with E-state index in [1.165, 1.54) is 12.8 Å². The third kappa shape index (κ3) is 2.47. The van der Waals surface area contributed by atoms with E-state index in [0.717, 1.165) is 30.9 Å². The van der Waals surface area contributed by atoms with Gasteiger partial charge < -0.3 is 10.0 Å². The van der Waals surface area contributed by atoms with Gasteiger partial charge in [-0.15, -0.1) is 0 Å². The molecule has 0 unspecified atom stereocenters. The molecular weight excluding hydrogens is 200 g/mol. The number of nitrogens with zero attached hydrogens (tertiary/aromatic N) is 2. The first-order valence-corrected chi connectivity index (χ1v) is 5.88. The van der Waals surface area contributed by atoms with E-state index in [1.54, 1.807) is 6.07 Å². The summed E-state index contributed by atoms with van der Waals surface area (Å²) in [6, 6.07) is 5.82. The predicted molar refractivity (Wildman–Crippen MR) is 66.9 cm³/mol. The highest BCUT2D eigenvalue weighted by Gasteiger charge is 2.14. The van der Waals surface area contributed by atoms with Gasteiger partial charge in [0.2, 0.25) is 0 Å². The minimum atomic E-state index is 0.414. The average molecular weight is 220 g/mol. The molecule has 1 aliphatic heterocycles. The molecule has 1 aromatic carbocycles. The lowest BCUT2D eigenvalue weighted by atomic mass is 10.1. The van der Waals surface area contributed by atoms with Crippen LogP contribution in [0, 0.1) is 0 Å². The molecule has 1 saturated heterocycles. The maximum atomic E-state index is 9.83. The van der Waals surface area contributed by atoms with Crippen LogP contribution in [0.2, 0.25) is 0 Å². The molecule has 88 valence electrons. The average Bonchev–Trinajstić information content (AvgIpc) is 2.73. The third-order valence-electron chi connectivity index (χ3n) is 3.17. The lowest BCUT2D eigenvalue weighted by Gasteiger charge is -2.18. The van der Waals surface area contributed by atoms with Crippen LogP contribution in [0.3, 0.4) is 0 Å². The smallest absolute Gasteiger partial charge is 0.120 e. The van der Waals surface area contributed by atoms with Gasteiger partial charge in [0.15, 0.2) is 0 Å². The van der Waals surface area contributed by atoms with Gasteiger partial charge in [-0.3, -0.25) is 4.90 Å². The minimum Gasteiger partial charge on any atom is -0.508 e. The molecule has 1 aromatic rings. The van der Waals surface area contributed by atoms with Gasteiger partial charge in [0, 0.05) is 31.9 Å². The van der Waals surface area contributed by atoms with Crippen molar-refractivity contribution in [3.05, 3.63) is 23.8 Å². The Morgan fingerprint density at radius 2 is 1.94 bits per heavy atom. The zero-order chi connectivity index (χ0) is 11.5. The number of aromatic hydroxyl groups is 1. The number of anilines is 1. The van der Waals surface area contributed by atoms with Crippen molar-refractivity contribution in [2.45, 2.75) is 19.4 Å². The van der Waals surface area contributed by atoms with E-state index < -0.39 is 0 Å². The first-order chi connectivity index (χ1) is 7.66. The Morgan fingerprint density at radius 3 is 2.56 bits per heavy atom. The van der Waals surface area contributed by atoms with Crippen LogP contribution in [0.4, 0.5) is 5.69 Å². The molecule has 16 heavy (non-hydrogen) atoms. The number of benzene rings is 1. The van der Waals surface area contributed by atoms with Gasteiger partial charge in [-0.2, -0.15) is 0 Å². The lowest BCUT2D eigenvalue weighted by molar-refractivity contribution is 0.324. The van der Waals surface area contributed by atoms with Gasteiger partial charge in [-0.25, -0.2) is 0 Å². The summed E-state index contributed by atoms with van der Waals surface area (Å²) < 4.78 is 0. The number of phenols is 1. The molecule has 0 amide bonds. The minimum absolute atomic E-state index is 0.414. The second-order valence-electron chi connectivity index (χ2n) is 4.69. The van der Waals surface area contributed by atoms with E-state index in [2.05, 4.69) is 15.9 Å². The second-order valence-corrected chi connectivity index (χ2v) is 4.69. The Bertz CT molecular complexity index is 357. The molecule has 1 aliphatic rings. The van der Waals surface area contributed by atoms with Crippen LogP contribution < -0.4 is 4.90 Å². The topological polar surface area (TPSA) is 26.7 Å². The predicted octanol–water partition coefficient (Wildman–Crippen LogP) is 2.05. The largest absolute Gasteiger partial charge is 0.508 e. The first kappa shape index (κ1) is 11.3. The molecule has 0 radical (unpaired) electrons. The fourth-order valence-corrected chi connectivity index (χ4v) is 2.16. The molecule has 1 N–H and O–H groups in total. The molecule has 0 spiro atoms. The number of hydrogen-bond donors (Lipinski definition) is 1. The van der Waals surface area contributed by atoms with Crippen molar-refractivity contribution < 1.29 is 5.11 Å². The van der Waals surface area contributed by atoms with E-state index in [4.69, 9.17) is 0 Å². The van der Waals surface area contributed by atoms with Crippen LogP contribution >= 0.6 is 0 Å². The van der Waals surface area contributed by atoms with E-state index in [-0.39, 0.29) is 0 Å². The molecule has 1 heterocycles. The molecule has 0 bridgehead atoms. The van der Waals surface area contributed by atoms with Crippen molar-refractivity contribution in [2.75, 3.05) is 32.1 Å². The molecule has 3 nitrogen and oxygen atoms in total. The van der Waals surface area contributed by atoms with Gasteiger partial charge in [-0.1, -0.05) is 0 Å². The van der Waals surface area contributed by atoms with Crippen LogP contribution in [-0.2, 0) is 6.54 Å². The summed E-state index contributed by atoms with van der Waals surface area (Å²) in [5.41, 5.74) is 2.18. The summed E-state index contributed by atoms with van der Waals surface area (Å²) >= 11 is 0. The van der Waals surface area contributed by atoms with Gasteiger partial charge >= 0.3 is 0 Å². The molecule has 2 rings (SSSR count). The van der Waals surface area contributed by atoms with Crippen molar-refractivity contribution in [3.63, 3.8) is 0 Å². The van der Waals surface area contributed by atoms with Gasteiger partial charge in [0.25, 0.3) is 0 Å². The van der Waals surface area contributed by atoms with Crippen molar-refractivity contribution >= 4 is 5.69 Å². The highest BCUT2D eigenvalue weighted by Crippen LogP contribution is 2.25. The van der Waals surface area contributed by atoms with Gasteiger partial charge in [-0.05, 0) is 44.1 Å². The van der Waals surface area contributed by atoms with E-state index in [9.17, 15) is 5.11 Å². The highest BCUT2D eigenvalue weighted by atomic mass is 16.3. The summed E-state index contributed by atoms with van der Waals surface area (Å²) in [4.78, 5) is 4.46. The lowest BCUT2D eigenvalue weighted by Crippen LogP contribution is -2.18. The Morgan fingerprint density at radius 1 is 1.25 bits per heavy atom. The Labute approximate surface area is 97.3 Å². The van der Waals surface area contributed by atoms with Crippen LogP contribution in [0.15, 0.2) is 18.2 Å². The molecule has 3 heteroatoms. The maximum Gasteiger partial charge on any atom is 0.120 e. The Kier molecular flexibility index (Phi) is 3.34. The van der Waals surface area contributed by atoms with Crippen molar-refractivity contribution in [1.82, 2.24) is 4.90 Å². The monoisotopic (exact) mass is 220 g/mol. The first-order valence-electron chi connectivity index (χ1n) is 5.88.